The molecule has 0 aliphatic rings. The van der Waals surface area contributed by atoms with Crippen LogP contribution in [0.2, 0.25) is 5.02 Å². The van der Waals surface area contributed by atoms with Gasteiger partial charge in [0.1, 0.15) is 23.0 Å². The zero-order chi connectivity index (χ0) is 25.0. The van der Waals surface area contributed by atoms with Crippen molar-refractivity contribution in [3.8, 4) is 23.0 Å². The fraction of sp³-hybridized carbons (Fsp3) is 0.0400. The normalized spacial score (nSPS) is 11.5. The van der Waals surface area contributed by atoms with Crippen molar-refractivity contribution in [2.24, 2.45) is 5.10 Å². The molecular formula is C25H16ClF3N2O4. The zero-order valence-corrected chi connectivity index (χ0v) is 18.5. The second-order valence-electron chi connectivity index (χ2n) is 7.19. The third-order valence-electron chi connectivity index (χ3n) is 4.78. The first-order valence-electron chi connectivity index (χ1n) is 10.1. The Morgan fingerprint density at radius 2 is 1.63 bits per heavy atom. The molecule has 2 N–H and O–H groups in total. The first-order chi connectivity index (χ1) is 16.7. The first kappa shape index (κ1) is 23.9. The van der Waals surface area contributed by atoms with Crippen LogP contribution in [0.4, 0.5) is 13.2 Å². The summed E-state index contributed by atoms with van der Waals surface area (Å²) in [5.41, 5.74) is 3.31. The summed E-state index contributed by atoms with van der Waals surface area (Å²) < 4.78 is 46.8. The number of ether oxygens (including phenoxy) is 2. The molecule has 0 aromatic heterocycles. The van der Waals surface area contributed by atoms with Gasteiger partial charge in [-0.3, -0.25) is 4.79 Å². The molecule has 35 heavy (non-hydrogen) atoms. The standard InChI is InChI=1S/C25H16ClF3N2O4/c26-21-13-15(5-11-22(21)32)24(33)31-30-14-16-6-12-23(20-4-2-1-3-19(16)20)34-17-7-9-18(10-8-17)35-25(27,28)29/h1-14,32H,(H,31,33). The van der Waals surface area contributed by atoms with Crippen LogP contribution in [-0.4, -0.2) is 23.6 Å². The average Bonchev–Trinajstić information content (AvgIpc) is 2.82. The molecule has 0 atom stereocenters. The van der Waals surface area contributed by atoms with E-state index >= 15 is 0 Å². The van der Waals surface area contributed by atoms with Gasteiger partial charge in [-0.05, 0) is 60.0 Å². The number of phenols is 1. The SMILES string of the molecule is O=C(NN=Cc1ccc(Oc2ccc(OC(F)(F)F)cc2)c2ccccc12)c1ccc(O)c(Cl)c1. The summed E-state index contributed by atoms with van der Waals surface area (Å²) >= 11 is 5.83. The van der Waals surface area contributed by atoms with E-state index in [0.717, 1.165) is 22.9 Å². The summed E-state index contributed by atoms with van der Waals surface area (Å²) in [5.74, 6) is -0.190. The molecule has 0 radical (unpaired) electrons. The van der Waals surface area contributed by atoms with E-state index in [0.29, 0.717) is 17.1 Å². The van der Waals surface area contributed by atoms with Crippen LogP contribution in [0.15, 0.2) is 84.0 Å². The number of alkyl halides is 3. The number of hydrogen-bond acceptors (Lipinski definition) is 5. The van der Waals surface area contributed by atoms with E-state index in [2.05, 4.69) is 15.3 Å². The molecule has 10 heteroatoms. The lowest BCUT2D eigenvalue weighted by Crippen LogP contribution is -2.17. The highest BCUT2D eigenvalue weighted by molar-refractivity contribution is 6.32. The molecule has 6 nitrogen and oxygen atoms in total. The molecule has 0 spiro atoms. The lowest BCUT2D eigenvalue weighted by atomic mass is 10.0. The topological polar surface area (TPSA) is 80.2 Å². The van der Waals surface area contributed by atoms with Crippen LogP contribution in [0.1, 0.15) is 15.9 Å². The van der Waals surface area contributed by atoms with Gasteiger partial charge in [0.05, 0.1) is 11.2 Å². The van der Waals surface area contributed by atoms with Gasteiger partial charge in [-0.1, -0.05) is 35.9 Å². The molecule has 0 unspecified atom stereocenters. The minimum atomic E-state index is -4.77. The van der Waals surface area contributed by atoms with Gasteiger partial charge in [0.15, 0.2) is 0 Å². The molecule has 0 saturated carbocycles. The Kier molecular flexibility index (Phi) is 6.79. The smallest absolute Gasteiger partial charge is 0.506 e. The monoisotopic (exact) mass is 500 g/mol. The second kappa shape index (κ2) is 9.94. The Morgan fingerprint density at radius 3 is 2.31 bits per heavy atom. The number of benzene rings is 4. The van der Waals surface area contributed by atoms with Crippen LogP contribution in [-0.2, 0) is 0 Å². The summed E-state index contributed by atoms with van der Waals surface area (Å²) in [7, 11) is 0. The van der Waals surface area contributed by atoms with Gasteiger partial charge in [0.2, 0.25) is 0 Å². The van der Waals surface area contributed by atoms with Crippen LogP contribution < -0.4 is 14.9 Å². The van der Waals surface area contributed by atoms with Crippen molar-refractivity contribution >= 4 is 34.5 Å². The molecule has 0 aliphatic carbocycles. The number of carbonyl (C=O) groups is 1. The quantitative estimate of drug-likeness (QED) is 0.229. The Balaban J connectivity index is 1.51. The van der Waals surface area contributed by atoms with Crippen molar-refractivity contribution in [3.63, 3.8) is 0 Å². The molecular weight excluding hydrogens is 485 g/mol. The van der Waals surface area contributed by atoms with E-state index in [9.17, 15) is 23.1 Å². The Bertz CT molecular complexity index is 1410. The maximum atomic E-state index is 12.3. The highest BCUT2D eigenvalue weighted by Crippen LogP contribution is 2.33. The number of rotatable bonds is 6. The van der Waals surface area contributed by atoms with Crippen molar-refractivity contribution < 1.29 is 32.5 Å². The summed E-state index contributed by atoms with van der Waals surface area (Å²) in [4.78, 5) is 12.3. The summed E-state index contributed by atoms with van der Waals surface area (Å²) in [6, 6.07) is 19.8. The van der Waals surface area contributed by atoms with Crippen molar-refractivity contribution in [1.82, 2.24) is 5.43 Å². The summed E-state index contributed by atoms with van der Waals surface area (Å²) in [6.45, 7) is 0. The molecule has 0 bridgehead atoms. The van der Waals surface area contributed by atoms with Crippen molar-refractivity contribution in [1.29, 1.82) is 0 Å². The fourth-order valence-electron chi connectivity index (χ4n) is 3.21. The van der Waals surface area contributed by atoms with Crippen LogP contribution in [0, 0.1) is 0 Å². The van der Waals surface area contributed by atoms with Crippen molar-refractivity contribution in [3.05, 3.63) is 95.0 Å². The van der Waals surface area contributed by atoms with Gasteiger partial charge in [-0.25, -0.2) is 5.43 Å². The van der Waals surface area contributed by atoms with Gasteiger partial charge in [-0.15, -0.1) is 13.2 Å². The van der Waals surface area contributed by atoms with E-state index < -0.39 is 12.3 Å². The number of fused-ring (bicyclic) bond motifs is 1. The second-order valence-corrected chi connectivity index (χ2v) is 7.59. The average molecular weight is 501 g/mol. The molecule has 4 aromatic rings. The van der Waals surface area contributed by atoms with E-state index in [-0.39, 0.29) is 22.1 Å². The minimum absolute atomic E-state index is 0.0470. The Hall–Kier alpha value is -4.24. The van der Waals surface area contributed by atoms with Crippen molar-refractivity contribution in [2.45, 2.75) is 6.36 Å². The van der Waals surface area contributed by atoms with Crippen LogP contribution in [0.25, 0.3) is 10.8 Å². The van der Waals surface area contributed by atoms with Gasteiger partial charge in [0.25, 0.3) is 5.91 Å². The van der Waals surface area contributed by atoms with Crippen LogP contribution >= 0.6 is 11.6 Å². The largest absolute Gasteiger partial charge is 0.573 e. The molecule has 4 rings (SSSR count). The Labute approximate surface area is 202 Å². The first-order valence-corrected chi connectivity index (χ1v) is 10.4. The molecule has 178 valence electrons. The van der Waals surface area contributed by atoms with Gasteiger partial charge in [0, 0.05) is 16.5 Å². The number of halogens is 4. The van der Waals surface area contributed by atoms with E-state index in [4.69, 9.17) is 16.3 Å². The molecule has 1 amide bonds. The van der Waals surface area contributed by atoms with E-state index in [1.54, 1.807) is 12.1 Å². The highest BCUT2D eigenvalue weighted by atomic mass is 35.5. The van der Waals surface area contributed by atoms with Crippen molar-refractivity contribution in [2.75, 3.05) is 0 Å². The maximum absolute atomic E-state index is 12.3. The lowest BCUT2D eigenvalue weighted by molar-refractivity contribution is -0.274. The Morgan fingerprint density at radius 1 is 0.943 bits per heavy atom. The van der Waals surface area contributed by atoms with Gasteiger partial charge in [-0.2, -0.15) is 5.10 Å². The van der Waals surface area contributed by atoms with Gasteiger partial charge < -0.3 is 14.6 Å². The molecule has 0 heterocycles. The molecule has 0 aliphatic heterocycles. The number of carbonyl (C=O) groups excluding carboxylic acids is 1. The number of hydrogen-bond donors (Lipinski definition) is 2. The van der Waals surface area contributed by atoms with Crippen LogP contribution in [0.3, 0.4) is 0 Å². The third kappa shape index (κ3) is 6.01. The van der Waals surface area contributed by atoms with E-state index in [1.165, 1.54) is 36.5 Å². The lowest BCUT2D eigenvalue weighted by Gasteiger charge is -2.12. The maximum Gasteiger partial charge on any atom is 0.573 e. The molecule has 4 aromatic carbocycles. The number of hydrazone groups is 1. The van der Waals surface area contributed by atoms with Crippen LogP contribution in [0.5, 0.6) is 23.0 Å². The summed E-state index contributed by atoms with van der Waals surface area (Å²) in [6.07, 6.45) is -3.30. The molecule has 0 saturated heterocycles. The van der Waals surface area contributed by atoms with E-state index in [1.807, 2.05) is 24.3 Å². The zero-order valence-electron chi connectivity index (χ0n) is 17.7. The third-order valence-corrected chi connectivity index (χ3v) is 5.09. The number of amides is 1. The number of aromatic hydroxyl groups is 1. The molecule has 0 fully saturated rings. The predicted molar refractivity (Wildman–Crippen MR) is 125 cm³/mol. The number of phenolic OH excluding ortho intramolecular Hbond substituents is 1. The van der Waals surface area contributed by atoms with Gasteiger partial charge >= 0.3 is 6.36 Å². The highest BCUT2D eigenvalue weighted by Gasteiger charge is 2.31. The number of nitrogens with one attached hydrogen (secondary N) is 1. The summed E-state index contributed by atoms with van der Waals surface area (Å²) in [5, 5.41) is 15.0. The fourth-order valence-corrected chi connectivity index (χ4v) is 3.39. The predicted octanol–water partition coefficient (Wildman–Crippen LogP) is 6.65. The number of nitrogens with zero attached hydrogens (tertiary/aromatic N) is 1. The minimum Gasteiger partial charge on any atom is -0.506 e.